The Morgan fingerprint density at radius 3 is 2.52 bits per heavy atom. The SMILES string of the molecule is CC1CC(C)C(C)CN(C(=O)OCc2ccccc2)C1=O. The summed E-state index contributed by atoms with van der Waals surface area (Å²) in [4.78, 5) is 25.8. The maximum Gasteiger partial charge on any atom is 0.416 e. The van der Waals surface area contributed by atoms with Crippen molar-refractivity contribution in [3.8, 4) is 0 Å². The van der Waals surface area contributed by atoms with Gasteiger partial charge in [-0.2, -0.15) is 0 Å². The lowest BCUT2D eigenvalue weighted by Gasteiger charge is -2.22. The molecule has 4 heteroatoms. The molecule has 4 nitrogen and oxygen atoms in total. The summed E-state index contributed by atoms with van der Waals surface area (Å²) in [5.74, 6) is 0.470. The van der Waals surface area contributed by atoms with Crippen molar-refractivity contribution in [3.05, 3.63) is 35.9 Å². The summed E-state index contributed by atoms with van der Waals surface area (Å²) in [5.41, 5.74) is 0.919. The first-order valence-electron chi connectivity index (χ1n) is 7.51. The van der Waals surface area contributed by atoms with Crippen LogP contribution in [0.15, 0.2) is 30.3 Å². The first-order valence-corrected chi connectivity index (χ1v) is 7.51. The van der Waals surface area contributed by atoms with Crippen LogP contribution >= 0.6 is 0 Å². The van der Waals surface area contributed by atoms with Crippen LogP contribution in [0.5, 0.6) is 0 Å². The molecule has 0 bridgehead atoms. The van der Waals surface area contributed by atoms with Gasteiger partial charge >= 0.3 is 6.09 Å². The zero-order valence-corrected chi connectivity index (χ0v) is 12.9. The van der Waals surface area contributed by atoms with E-state index in [-0.39, 0.29) is 18.4 Å². The Morgan fingerprint density at radius 2 is 1.86 bits per heavy atom. The van der Waals surface area contributed by atoms with Gasteiger partial charge in [-0.15, -0.1) is 0 Å². The lowest BCUT2D eigenvalue weighted by molar-refractivity contribution is -0.132. The molecule has 1 aliphatic heterocycles. The number of ether oxygens (including phenoxy) is 1. The topological polar surface area (TPSA) is 46.6 Å². The van der Waals surface area contributed by atoms with Gasteiger partial charge in [0, 0.05) is 12.5 Å². The fourth-order valence-corrected chi connectivity index (χ4v) is 2.68. The predicted molar refractivity (Wildman–Crippen MR) is 80.4 cm³/mol. The van der Waals surface area contributed by atoms with Gasteiger partial charge in [0.25, 0.3) is 0 Å². The fraction of sp³-hybridized carbons (Fsp3) is 0.529. The molecule has 21 heavy (non-hydrogen) atoms. The Kier molecular flexibility index (Phi) is 4.99. The molecule has 3 atom stereocenters. The summed E-state index contributed by atoms with van der Waals surface area (Å²) in [6, 6.07) is 9.49. The minimum absolute atomic E-state index is 0.121. The normalized spacial score (nSPS) is 26.3. The van der Waals surface area contributed by atoms with Crippen molar-refractivity contribution in [3.63, 3.8) is 0 Å². The number of likely N-dealkylation sites (tertiary alicyclic amines) is 1. The highest BCUT2D eigenvalue weighted by molar-refractivity contribution is 5.93. The monoisotopic (exact) mass is 289 g/mol. The van der Waals surface area contributed by atoms with Gasteiger partial charge < -0.3 is 4.74 Å². The number of rotatable bonds is 2. The van der Waals surface area contributed by atoms with Crippen molar-refractivity contribution < 1.29 is 14.3 Å². The van der Waals surface area contributed by atoms with Gasteiger partial charge in [-0.05, 0) is 23.8 Å². The summed E-state index contributed by atoms with van der Waals surface area (Å²) in [6.07, 6.45) is 0.291. The molecule has 2 rings (SSSR count). The highest BCUT2D eigenvalue weighted by Crippen LogP contribution is 2.27. The van der Waals surface area contributed by atoms with Gasteiger partial charge in [0.2, 0.25) is 5.91 Å². The highest BCUT2D eigenvalue weighted by atomic mass is 16.6. The molecule has 1 heterocycles. The average molecular weight is 289 g/mol. The van der Waals surface area contributed by atoms with E-state index < -0.39 is 6.09 Å². The first kappa shape index (κ1) is 15.5. The lowest BCUT2D eigenvalue weighted by atomic mass is 9.89. The molecule has 0 aliphatic carbocycles. The molecule has 3 unspecified atom stereocenters. The molecule has 0 aromatic heterocycles. The Hall–Kier alpha value is -1.84. The summed E-state index contributed by atoms with van der Waals surface area (Å²) in [5, 5.41) is 0. The summed E-state index contributed by atoms with van der Waals surface area (Å²) in [7, 11) is 0. The molecule has 0 N–H and O–H groups in total. The molecule has 1 aliphatic rings. The van der Waals surface area contributed by atoms with Crippen LogP contribution in [-0.2, 0) is 16.1 Å². The van der Waals surface area contributed by atoms with E-state index in [9.17, 15) is 9.59 Å². The Labute approximate surface area is 126 Å². The van der Waals surface area contributed by atoms with Crippen molar-refractivity contribution in [2.45, 2.75) is 33.8 Å². The zero-order chi connectivity index (χ0) is 15.4. The van der Waals surface area contributed by atoms with Crippen LogP contribution in [0.4, 0.5) is 4.79 Å². The molecule has 0 spiro atoms. The van der Waals surface area contributed by atoms with E-state index >= 15 is 0 Å². The summed E-state index contributed by atoms with van der Waals surface area (Å²) >= 11 is 0. The van der Waals surface area contributed by atoms with Crippen LogP contribution in [0.2, 0.25) is 0 Å². The van der Waals surface area contributed by atoms with Crippen molar-refractivity contribution in [1.29, 1.82) is 0 Å². The van der Waals surface area contributed by atoms with Crippen LogP contribution in [-0.4, -0.2) is 23.4 Å². The largest absolute Gasteiger partial charge is 0.444 e. The standard InChI is InChI=1S/C17H23NO3/c1-12-9-13(2)16(19)18(10-14(12)3)17(20)21-11-15-7-5-4-6-8-15/h4-8,12-14H,9-11H2,1-3H3. The number of carbonyl (C=O) groups excluding carboxylic acids is 2. The van der Waals surface area contributed by atoms with Gasteiger partial charge in [0.1, 0.15) is 6.61 Å². The molecule has 1 fully saturated rings. The van der Waals surface area contributed by atoms with Crippen molar-refractivity contribution in [1.82, 2.24) is 4.90 Å². The number of benzene rings is 1. The highest BCUT2D eigenvalue weighted by Gasteiger charge is 2.34. The van der Waals surface area contributed by atoms with Crippen LogP contribution in [0, 0.1) is 17.8 Å². The molecule has 1 saturated heterocycles. The van der Waals surface area contributed by atoms with Crippen LogP contribution < -0.4 is 0 Å². The Bertz CT molecular complexity index is 500. The molecular formula is C17H23NO3. The van der Waals surface area contributed by atoms with Gasteiger partial charge in [-0.3, -0.25) is 4.79 Å². The molecule has 1 aromatic rings. The number of hydrogen-bond donors (Lipinski definition) is 0. The minimum Gasteiger partial charge on any atom is -0.444 e. The van der Waals surface area contributed by atoms with E-state index in [0.717, 1.165) is 12.0 Å². The van der Waals surface area contributed by atoms with E-state index in [1.165, 1.54) is 4.90 Å². The molecular weight excluding hydrogens is 266 g/mol. The number of carbonyl (C=O) groups is 2. The van der Waals surface area contributed by atoms with Crippen LogP contribution in [0.1, 0.15) is 32.8 Å². The summed E-state index contributed by atoms with van der Waals surface area (Å²) in [6.45, 7) is 6.73. The number of nitrogens with zero attached hydrogens (tertiary/aromatic N) is 1. The predicted octanol–water partition coefficient (Wildman–Crippen LogP) is 3.46. The smallest absolute Gasteiger partial charge is 0.416 e. The van der Waals surface area contributed by atoms with Crippen molar-refractivity contribution in [2.75, 3.05) is 6.54 Å². The van der Waals surface area contributed by atoms with Crippen molar-refractivity contribution in [2.24, 2.45) is 17.8 Å². The Morgan fingerprint density at radius 1 is 1.19 bits per heavy atom. The average Bonchev–Trinajstić information content (AvgIpc) is 2.58. The van der Waals surface area contributed by atoms with E-state index in [0.29, 0.717) is 18.4 Å². The minimum atomic E-state index is -0.531. The molecule has 114 valence electrons. The van der Waals surface area contributed by atoms with Gasteiger partial charge in [0.15, 0.2) is 0 Å². The molecule has 1 aromatic carbocycles. The number of hydrogen-bond acceptors (Lipinski definition) is 3. The van der Waals surface area contributed by atoms with Crippen LogP contribution in [0.3, 0.4) is 0 Å². The van der Waals surface area contributed by atoms with E-state index in [2.05, 4.69) is 13.8 Å². The third-order valence-corrected chi connectivity index (χ3v) is 4.28. The maximum atomic E-state index is 12.3. The second-order valence-corrected chi connectivity index (χ2v) is 6.08. The fourth-order valence-electron chi connectivity index (χ4n) is 2.68. The first-order chi connectivity index (χ1) is 9.99. The van der Waals surface area contributed by atoms with E-state index in [4.69, 9.17) is 4.74 Å². The quantitative estimate of drug-likeness (QED) is 0.837. The zero-order valence-electron chi connectivity index (χ0n) is 12.9. The lowest BCUT2D eigenvalue weighted by Crippen LogP contribution is -2.41. The van der Waals surface area contributed by atoms with Gasteiger partial charge in [-0.25, -0.2) is 9.69 Å². The van der Waals surface area contributed by atoms with Gasteiger partial charge in [0.05, 0.1) is 0 Å². The van der Waals surface area contributed by atoms with Gasteiger partial charge in [-0.1, -0.05) is 51.1 Å². The second-order valence-electron chi connectivity index (χ2n) is 6.08. The van der Waals surface area contributed by atoms with E-state index in [1.807, 2.05) is 37.3 Å². The third-order valence-electron chi connectivity index (χ3n) is 4.28. The second kappa shape index (κ2) is 6.74. The summed E-state index contributed by atoms with van der Waals surface area (Å²) < 4.78 is 5.29. The number of amides is 2. The maximum absolute atomic E-state index is 12.3. The molecule has 0 radical (unpaired) electrons. The number of imide groups is 1. The molecule has 2 amide bonds. The third kappa shape index (κ3) is 3.84. The van der Waals surface area contributed by atoms with Crippen LogP contribution in [0.25, 0.3) is 0 Å². The Balaban J connectivity index is 2.01. The van der Waals surface area contributed by atoms with Crippen molar-refractivity contribution >= 4 is 12.0 Å². The van der Waals surface area contributed by atoms with E-state index in [1.54, 1.807) is 0 Å². The molecule has 0 saturated carbocycles.